The van der Waals surface area contributed by atoms with Crippen LogP contribution in [0.15, 0.2) is 12.3 Å². The number of hydrogen-bond donors (Lipinski definition) is 2. The summed E-state index contributed by atoms with van der Waals surface area (Å²) in [6.07, 6.45) is 3.79. The molecule has 1 fully saturated rings. The van der Waals surface area contributed by atoms with Gasteiger partial charge < -0.3 is 20.5 Å². The van der Waals surface area contributed by atoms with Gasteiger partial charge >= 0.3 is 0 Å². The van der Waals surface area contributed by atoms with Crippen LogP contribution in [0, 0.1) is 0 Å². The van der Waals surface area contributed by atoms with Crippen molar-refractivity contribution in [1.82, 2.24) is 10.3 Å². The fraction of sp³-hybridized carbons (Fsp3) is 0.545. The first-order valence-electron chi connectivity index (χ1n) is 5.46. The van der Waals surface area contributed by atoms with Crippen LogP contribution in [0.2, 0.25) is 0 Å². The van der Waals surface area contributed by atoms with E-state index >= 15 is 0 Å². The predicted molar refractivity (Wildman–Crippen MR) is 61.7 cm³/mol. The molecule has 0 radical (unpaired) electrons. The lowest BCUT2D eigenvalue weighted by Crippen LogP contribution is -2.34. The SMILES string of the molecule is COc1cc(N)cnc1OC1CCNCC1. The highest BCUT2D eigenvalue weighted by Crippen LogP contribution is 2.27. The molecule has 2 rings (SSSR count). The number of nitrogens with two attached hydrogens (primary N) is 1. The van der Waals surface area contributed by atoms with Crippen LogP contribution < -0.4 is 20.5 Å². The molecule has 0 unspecified atom stereocenters. The molecule has 1 aromatic heterocycles. The number of piperidine rings is 1. The van der Waals surface area contributed by atoms with Crippen molar-refractivity contribution in [3.05, 3.63) is 12.3 Å². The molecule has 5 nitrogen and oxygen atoms in total. The molecule has 0 amide bonds. The van der Waals surface area contributed by atoms with E-state index in [0.29, 0.717) is 17.3 Å². The van der Waals surface area contributed by atoms with Gasteiger partial charge in [0.25, 0.3) is 5.88 Å². The van der Waals surface area contributed by atoms with Gasteiger partial charge in [-0.1, -0.05) is 0 Å². The lowest BCUT2D eigenvalue weighted by molar-refractivity contribution is 0.150. The fourth-order valence-electron chi connectivity index (χ4n) is 1.75. The topological polar surface area (TPSA) is 69.4 Å². The maximum absolute atomic E-state index is 5.80. The molecule has 0 atom stereocenters. The smallest absolute Gasteiger partial charge is 0.257 e. The van der Waals surface area contributed by atoms with E-state index in [-0.39, 0.29) is 6.10 Å². The summed E-state index contributed by atoms with van der Waals surface area (Å²) in [5.74, 6) is 1.13. The maximum Gasteiger partial charge on any atom is 0.257 e. The Morgan fingerprint density at radius 2 is 2.19 bits per heavy atom. The van der Waals surface area contributed by atoms with E-state index in [1.807, 2.05) is 0 Å². The second kappa shape index (κ2) is 5.03. The van der Waals surface area contributed by atoms with Gasteiger partial charge in [-0.3, -0.25) is 0 Å². The lowest BCUT2D eigenvalue weighted by atomic mass is 10.1. The molecule has 0 spiro atoms. The van der Waals surface area contributed by atoms with Crippen molar-refractivity contribution in [1.29, 1.82) is 0 Å². The Kier molecular flexibility index (Phi) is 3.46. The molecular formula is C11H17N3O2. The Hall–Kier alpha value is -1.49. The van der Waals surface area contributed by atoms with Crippen molar-refractivity contribution < 1.29 is 9.47 Å². The van der Waals surface area contributed by atoms with E-state index in [2.05, 4.69) is 10.3 Å². The lowest BCUT2D eigenvalue weighted by Gasteiger charge is -2.23. The number of hydrogen-bond acceptors (Lipinski definition) is 5. The highest BCUT2D eigenvalue weighted by Gasteiger charge is 2.17. The number of anilines is 1. The number of nitrogen functional groups attached to an aromatic ring is 1. The van der Waals surface area contributed by atoms with Gasteiger partial charge in [0.15, 0.2) is 5.75 Å². The average Bonchev–Trinajstić information content (AvgIpc) is 2.33. The highest BCUT2D eigenvalue weighted by molar-refractivity contribution is 5.46. The van der Waals surface area contributed by atoms with Crippen molar-refractivity contribution >= 4 is 5.69 Å². The minimum absolute atomic E-state index is 0.214. The van der Waals surface area contributed by atoms with Crippen LogP contribution in [-0.4, -0.2) is 31.3 Å². The Morgan fingerprint density at radius 3 is 2.88 bits per heavy atom. The zero-order valence-electron chi connectivity index (χ0n) is 9.40. The van der Waals surface area contributed by atoms with Crippen molar-refractivity contribution in [2.45, 2.75) is 18.9 Å². The van der Waals surface area contributed by atoms with Gasteiger partial charge in [-0.2, -0.15) is 0 Å². The number of aromatic nitrogens is 1. The van der Waals surface area contributed by atoms with Crippen LogP contribution in [0.25, 0.3) is 0 Å². The molecule has 16 heavy (non-hydrogen) atoms. The quantitative estimate of drug-likeness (QED) is 0.793. The molecule has 5 heteroatoms. The number of rotatable bonds is 3. The normalized spacial score (nSPS) is 17.1. The molecule has 0 aromatic carbocycles. The summed E-state index contributed by atoms with van der Waals surface area (Å²) >= 11 is 0. The van der Waals surface area contributed by atoms with Crippen molar-refractivity contribution in [3.8, 4) is 11.6 Å². The molecule has 1 aliphatic rings. The number of pyridine rings is 1. The van der Waals surface area contributed by atoms with Crippen LogP contribution in [0.1, 0.15) is 12.8 Å². The Labute approximate surface area is 95.0 Å². The first-order valence-corrected chi connectivity index (χ1v) is 5.46. The van der Waals surface area contributed by atoms with Crippen molar-refractivity contribution in [2.24, 2.45) is 0 Å². The summed E-state index contributed by atoms with van der Waals surface area (Å²) < 4.78 is 11.0. The van der Waals surface area contributed by atoms with Crippen LogP contribution in [0.3, 0.4) is 0 Å². The van der Waals surface area contributed by atoms with Crippen molar-refractivity contribution in [2.75, 3.05) is 25.9 Å². The van der Waals surface area contributed by atoms with E-state index < -0.39 is 0 Å². The van der Waals surface area contributed by atoms with Crippen molar-refractivity contribution in [3.63, 3.8) is 0 Å². The number of nitrogens with one attached hydrogen (secondary N) is 1. The van der Waals surface area contributed by atoms with Crippen LogP contribution in [-0.2, 0) is 0 Å². The van der Waals surface area contributed by atoms with E-state index in [4.69, 9.17) is 15.2 Å². The van der Waals surface area contributed by atoms with E-state index in [1.54, 1.807) is 19.4 Å². The van der Waals surface area contributed by atoms with Crippen LogP contribution in [0.5, 0.6) is 11.6 Å². The van der Waals surface area contributed by atoms with Crippen LogP contribution >= 0.6 is 0 Å². The third-order valence-electron chi connectivity index (χ3n) is 2.62. The van der Waals surface area contributed by atoms with Gasteiger partial charge in [-0.05, 0) is 25.9 Å². The Morgan fingerprint density at radius 1 is 1.44 bits per heavy atom. The largest absolute Gasteiger partial charge is 0.491 e. The highest BCUT2D eigenvalue weighted by atomic mass is 16.5. The number of methoxy groups -OCH3 is 1. The molecule has 88 valence electrons. The monoisotopic (exact) mass is 223 g/mol. The predicted octanol–water partition coefficient (Wildman–Crippen LogP) is 0.803. The Balaban J connectivity index is 2.07. The average molecular weight is 223 g/mol. The number of nitrogens with zero attached hydrogens (tertiary/aromatic N) is 1. The summed E-state index contributed by atoms with van der Waals surface area (Å²) in [4.78, 5) is 4.15. The summed E-state index contributed by atoms with van der Waals surface area (Å²) in [5.41, 5.74) is 6.21. The number of ether oxygens (including phenoxy) is 2. The van der Waals surface area contributed by atoms with Crippen LogP contribution in [0.4, 0.5) is 5.69 Å². The van der Waals surface area contributed by atoms with Gasteiger partial charge in [0.1, 0.15) is 6.10 Å². The first-order chi connectivity index (χ1) is 7.79. The Bertz CT molecular complexity index is 351. The second-order valence-corrected chi connectivity index (χ2v) is 3.84. The standard InChI is InChI=1S/C11H17N3O2/c1-15-10-6-8(12)7-14-11(10)16-9-2-4-13-5-3-9/h6-7,9,13H,2-5,12H2,1H3. The maximum atomic E-state index is 5.80. The molecule has 1 aromatic rings. The van der Waals surface area contributed by atoms with Gasteiger partial charge in [0, 0.05) is 6.07 Å². The van der Waals surface area contributed by atoms with E-state index in [1.165, 1.54) is 0 Å². The molecule has 0 bridgehead atoms. The zero-order valence-corrected chi connectivity index (χ0v) is 9.40. The van der Waals surface area contributed by atoms with Gasteiger partial charge in [0.05, 0.1) is 19.0 Å². The molecule has 0 saturated carbocycles. The molecular weight excluding hydrogens is 206 g/mol. The fourth-order valence-corrected chi connectivity index (χ4v) is 1.75. The third kappa shape index (κ3) is 2.55. The summed E-state index contributed by atoms with van der Waals surface area (Å²) in [6, 6.07) is 1.73. The summed E-state index contributed by atoms with van der Waals surface area (Å²) in [5, 5.41) is 3.29. The van der Waals surface area contributed by atoms with E-state index in [0.717, 1.165) is 25.9 Å². The molecule has 1 saturated heterocycles. The zero-order chi connectivity index (χ0) is 11.4. The minimum Gasteiger partial charge on any atom is -0.491 e. The summed E-state index contributed by atoms with van der Waals surface area (Å²) in [6.45, 7) is 1.98. The second-order valence-electron chi connectivity index (χ2n) is 3.84. The van der Waals surface area contributed by atoms with Gasteiger partial charge in [0.2, 0.25) is 0 Å². The minimum atomic E-state index is 0.214. The molecule has 0 aliphatic carbocycles. The third-order valence-corrected chi connectivity index (χ3v) is 2.62. The van der Waals surface area contributed by atoms with Gasteiger partial charge in [-0.15, -0.1) is 0 Å². The molecule has 2 heterocycles. The first kappa shape index (κ1) is 11.0. The molecule has 3 N–H and O–H groups in total. The van der Waals surface area contributed by atoms with E-state index in [9.17, 15) is 0 Å². The van der Waals surface area contributed by atoms with Gasteiger partial charge in [-0.25, -0.2) is 4.98 Å². The summed E-state index contributed by atoms with van der Waals surface area (Å²) in [7, 11) is 1.59. The molecule has 1 aliphatic heterocycles.